The summed E-state index contributed by atoms with van der Waals surface area (Å²) in [5.74, 6) is 1.67. The van der Waals surface area contributed by atoms with Gasteiger partial charge in [-0.05, 0) is 53.5 Å². The lowest BCUT2D eigenvalue weighted by Crippen LogP contribution is -2.20. The summed E-state index contributed by atoms with van der Waals surface area (Å²) < 4.78 is 2.86. The topological polar surface area (TPSA) is 33.4 Å². The largest absolute Gasteiger partial charge is 0.303 e. The van der Waals surface area contributed by atoms with Crippen LogP contribution >= 0.6 is 15.9 Å². The van der Waals surface area contributed by atoms with Gasteiger partial charge in [0.05, 0.1) is 4.47 Å². The summed E-state index contributed by atoms with van der Waals surface area (Å²) in [6.07, 6.45) is 4.21. The maximum atomic E-state index is 4.61. The van der Waals surface area contributed by atoms with Gasteiger partial charge in [-0.1, -0.05) is 6.92 Å². The van der Waals surface area contributed by atoms with Crippen molar-refractivity contribution in [1.29, 1.82) is 0 Å². The van der Waals surface area contributed by atoms with Crippen LogP contribution in [0.3, 0.4) is 0 Å². The first-order valence-electron chi connectivity index (χ1n) is 6.48. The summed E-state index contributed by atoms with van der Waals surface area (Å²) in [6.45, 7) is 5.79. The number of hydrogen-bond acceptors (Lipinski definition) is 3. The fourth-order valence-electron chi connectivity index (χ4n) is 2.63. The highest BCUT2D eigenvalue weighted by Gasteiger charge is 2.22. The SMILES string of the molecule is CCN1CCC(Cc2nc3c(Br)cccn3n2)C1. The lowest BCUT2D eigenvalue weighted by molar-refractivity contribution is 0.341. The lowest BCUT2D eigenvalue weighted by atomic mass is 10.1. The molecule has 18 heavy (non-hydrogen) atoms. The second kappa shape index (κ2) is 4.97. The molecule has 1 saturated heterocycles. The molecule has 0 N–H and O–H groups in total. The standard InChI is InChI=1S/C13H17BrN4/c1-2-17-7-5-10(9-17)8-12-15-13-11(14)4-3-6-18(13)16-12/h3-4,6,10H,2,5,7-9H2,1H3. The Balaban J connectivity index is 1.77. The summed E-state index contributed by atoms with van der Waals surface area (Å²) >= 11 is 3.51. The molecule has 1 unspecified atom stereocenters. The molecule has 3 rings (SSSR count). The van der Waals surface area contributed by atoms with Crippen LogP contribution in [0.5, 0.6) is 0 Å². The average molecular weight is 309 g/mol. The minimum absolute atomic E-state index is 0.709. The van der Waals surface area contributed by atoms with E-state index in [-0.39, 0.29) is 0 Å². The first kappa shape index (κ1) is 12.1. The Kier molecular flexibility index (Phi) is 3.35. The summed E-state index contributed by atoms with van der Waals surface area (Å²) in [7, 11) is 0. The zero-order chi connectivity index (χ0) is 12.5. The van der Waals surface area contributed by atoms with Crippen molar-refractivity contribution in [2.75, 3.05) is 19.6 Å². The number of aromatic nitrogens is 3. The molecule has 1 fully saturated rings. The van der Waals surface area contributed by atoms with Gasteiger partial charge in [0.25, 0.3) is 0 Å². The maximum Gasteiger partial charge on any atom is 0.169 e. The second-order valence-corrected chi connectivity index (χ2v) is 5.76. The van der Waals surface area contributed by atoms with Gasteiger partial charge in [-0.2, -0.15) is 5.10 Å². The molecule has 0 aromatic carbocycles. The Morgan fingerprint density at radius 1 is 1.50 bits per heavy atom. The molecule has 0 radical (unpaired) electrons. The zero-order valence-electron chi connectivity index (χ0n) is 10.5. The predicted molar refractivity (Wildman–Crippen MR) is 74.6 cm³/mol. The van der Waals surface area contributed by atoms with E-state index < -0.39 is 0 Å². The second-order valence-electron chi connectivity index (χ2n) is 4.90. The molecule has 1 atom stereocenters. The summed E-state index contributed by atoms with van der Waals surface area (Å²) in [5, 5.41) is 4.54. The molecule has 3 heterocycles. The number of hydrogen-bond donors (Lipinski definition) is 0. The van der Waals surface area contributed by atoms with Crippen LogP contribution in [0.1, 0.15) is 19.2 Å². The number of rotatable bonds is 3. The van der Waals surface area contributed by atoms with E-state index in [4.69, 9.17) is 0 Å². The molecule has 96 valence electrons. The van der Waals surface area contributed by atoms with Crippen LogP contribution in [0.4, 0.5) is 0 Å². The fourth-order valence-corrected chi connectivity index (χ4v) is 3.05. The van der Waals surface area contributed by atoms with E-state index in [0.29, 0.717) is 5.92 Å². The van der Waals surface area contributed by atoms with E-state index >= 15 is 0 Å². The van der Waals surface area contributed by atoms with Crippen molar-refractivity contribution < 1.29 is 0 Å². The predicted octanol–water partition coefficient (Wildman–Crippen LogP) is 2.38. The van der Waals surface area contributed by atoms with Crippen molar-refractivity contribution in [1.82, 2.24) is 19.5 Å². The lowest BCUT2D eigenvalue weighted by Gasteiger charge is -2.11. The van der Waals surface area contributed by atoms with Gasteiger partial charge in [-0.3, -0.25) is 0 Å². The quantitative estimate of drug-likeness (QED) is 0.873. The van der Waals surface area contributed by atoms with Gasteiger partial charge in [0.2, 0.25) is 0 Å². The Bertz CT molecular complexity index is 551. The van der Waals surface area contributed by atoms with Crippen molar-refractivity contribution in [3.8, 4) is 0 Å². The minimum Gasteiger partial charge on any atom is -0.303 e. The van der Waals surface area contributed by atoms with E-state index in [2.05, 4.69) is 37.8 Å². The number of likely N-dealkylation sites (tertiary alicyclic amines) is 1. The number of fused-ring (bicyclic) bond motifs is 1. The van der Waals surface area contributed by atoms with Gasteiger partial charge >= 0.3 is 0 Å². The molecule has 2 aromatic heterocycles. The number of nitrogens with zero attached hydrogens (tertiary/aromatic N) is 4. The van der Waals surface area contributed by atoms with Crippen LogP contribution < -0.4 is 0 Å². The van der Waals surface area contributed by atoms with Crippen LogP contribution in [0.2, 0.25) is 0 Å². The van der Waals surface area contributed by atoms with Crippen molar-refractivity contribution in [2.45, 2.75) is 19.8 Å². The third-order valence-electron chi connectivity index (χ3n) is 3.65. The molecular formula is C13H17BrN4. The average Bonchev–Trinajstić information content (AvgIpc) is 2.96. The number of pyridine rings is 1. The number of halogens is 1. The Labute approximate surface area is 115 Å². The van der Waals surface area contributed by atoms with Crippen molar-refractivity contribution >= 4 is 21.6 Å². The molecule has 0 bridgehead atoms. The molecule has 4 nitrogen and oxygen atoms in total. The van der Waals surface area contributed by atoms with Crippen molar-refractivity contribution in [3.05, 3.63) is 28.6 Å². The summed E-state index contributed by atoms with van der Waals surface area (Å²) in [5.41, 5.74) is 0.915. The molecule has 0 amide bonds. The summed E-state index contributed by atoms with van der Waals surface area (Å²) in [4.78, 5) is 7.11. The van der Waals surface area contributed by atoms with Gasteiger partial charge in [-0.15, -0.1) is 0 Å². The highest BCUT2D eigenvalue weighted by Crippen LogP contribution is 2.21. The molecule has 0 saturated carbocycles. The normalized spacial score (nSPS) is 20.9. The van der Waals surface area contributed by atoms with Crippen molar-refractivity contribution in [2.24, 2.45) is 5.92 Å². The smallest absolute Gasteiger partial charge is 0.169 e. The van der Waals surface area contributed by atoms with Gasteiger partial charge in [0.1, 0.15) is 0 Å². The maximum absolute atomic E-state index is 4.61. The summed E-state index contributed by atoms with van der Waals surface area (Å²) in [6, 6.07) is 3.98. The Morgan fingerprint density at radius 3 is 3.11 bits per heavy atom. The monoisotopic (exact) mass is 308 g/mol. The highest BCUT2D eigenvalue weighted by molar-refractivity contribution is 9.10. The Hall–Kier alpha value is -0.940. The van der Waals surface area contributed by atoms with Crippen LogP contribution in [0, 0.1) is 5.92 Å². The third kappa shape index (κ3) is 2.29. The zero-order valence-corrected chi connectivity index (χ0v) is 12.1. The van der Waals surface area contributed by atoms with Crippen LogP contribution in [0.25, 0.3) is 5.65 Å². The first-order valence-corrected chi connectivity index (χ1v) is 7.27. The van der Waals surface area contributed by atoms with Gasteiger partial charge in [0, 0.05) is 19.2 Å². The molecule has 1 aliphatic heterocycles. The van der Waals surface area contributed by atoms with Crippen molar-refractivity contribution in [3.63, 3.8) is 0 Å². The highest BCUT2D eigenvalue weighted by atomic mass is 79.9. The van der Waals surface area contributed by atoms with E-state index in [0.717, 1.165) is 28.9 Å². The molecule has 0 aliphatic carbocycles. The minimum atomic E-state index is 0.709. The fraction of sp³-hybridized carbons (Fsp3) is 0.538. The van der Waals surface area contributed by atoms with Gasteiger partial charge in [-0.25, -0.2) is 9.50 Å². The molecule has 1 aliphatic rings. The van der Waals surface area contributed by atoms with Crippen LogP contribution in [0.15, 0.2) is 22.8 Å². The van der Waals surface area contributed by atoms with Crippen LogP contribution in [-0.2, 0) is 6.42 Å². The van der Waals surface area contributed by atoms with Crippen LogP contribution in [-0.4, -0.2) is 39.1 Å². The molecule has 2 aromatic rings. The first-order chi connectivity index (χ1) is 8.76. The molecular weight excluding hydrogens is 292 g/mol. The molecule has 5 heteroatoms. The van der Waals surface area contributed by atoms with E-state index in [1.165, 1.54) is 19.5 Å². The van der Waals surface area contributed by atoms with Gasteiger partial charge in [0.15, 0.2) is 11.5 Å². The van der Waals surface area contributed by atoms with Gasteiger partial charge < -0.3 is 4.90 Å². The van der Waals surface area contributed by atoms with E-state index in [1.807, 2.05) is 22.8 Å². The van der Waals surface area contributed by atoms with E-state index in [1.54, 1.807) is 0 Å². The molecule has 0 spiro atoms. The Morgan fingerprint density at radius 2 is 2.39 bits per heavy atom. The van der Waals surface area contributed by atoms with E-state index in [9.17, 15) is 0 Å². The third-order valence-corrected chi connectivity index (χ3v) is 4.27.